The van der Waals surface area contributed by atoms with Crippen LogP contribution in [0.2, 0.25) is 0 Å². The Morgan fingerprint density at radius 3 is 2.66 bits per heavy atom. The number of aliphatic carboxylic acids is 1. The lowest BCUT2D eigenvalue weighted by Crippen LogP contribution is -2.45. The summed E-state index contributed by atoms with van der Waals surface area (Å²) in [7, 11) is 0. The van der Waals surface area contributed by atoms with Crippen LogP contribution in [-0.4, -0.2) is 30.2 Å². The maximum Gasteiger partial charge on any atom is 0.307 e. The second kappa shape index (κ2) is 10.5. The van der Waals surface area contributed by atoms with Crippen molar-refractivity contribution in [2.24, 2.45) is 0 Å². The van der Waals surface area contributed by atoms with E-state index in [-0.39, 0.29) is 29.1 Å². The predicted octanol–water partition coefficient (Wildman–Crippen LogP) is 4.80. The number of para-hydroxylation sites is 1. The first kappa shape index (κ1) is 24.2. The van der Waals surface area contributed by atoms with Gasteiger partial charge in [0.25, 0.3) is 0 Å². The molecule has 0 fully saturated rings. The Morgan fingerprint density at radius 1 is 1.17 bits per heavy atom. The van der Waals surface area contributed by atoms with Gasteiger partial charge in [-0.05, 0) is 40.8 Å². The van der Waals surface area contributed by atoms with Crippen LogP contribution >= 0.6 is 0 Å². The summed E-state index contributed by atoms with van der Waals surface area (Å²) in [6.07, 6.45) is -0.510. The summed E-state index contributed by atoms with van der Waals surface area (Å²) < 4.78 is 28.7. The van der Waals surface area contributed by atoms with Crippen molar-refractivity contribution in [2.45, 2.75) is 31.3 Å². The van der Waals surface area contributed by atoms with Gasteiger partial charge in [-0.15, -0.1) is 0 Å². The number of hydrogen-bond acceptors (Lipinski definition) is 5. The van der Waals surface area contributed by atoms with Crippen LogP contribution in [-0.2, 0) is 11.2 Å². The van der Waals surface area contributed by atoms with Gasteiger partial charge in [-0.2, -0.15) is 5.26 Å². The number of benzene rings is 3. The molecule has 0 radical (unpaired) electrons. The van der Waals surface area contributed by atoms with E-state index in [0.717, 1.165) is 23.0 Å². The minimum atomic E-state index is -1.18. The van der Waals surface area contributed by atoms with Crippen molar-refractivity contribution >= 4 is 17.3 Å². The highest BCUT2D eigenvalue weighted by Gasteiger charge is 2.29. The highest BCUT2D eigenvalue weighted by atomic mass is 19.1. The number of hydrogen-bond donors (Lipinski definition) is 4. The highest BCUT2D eigenvalue weighted by Crippen LogP contribution is 2.33. The summed E-state index contributed by atoms with van der Waals surface area (Å²) in [6, 6.07) is 19.3. The molecule has 0 aromatic heterocycles. The maximum absolute atomic E-state index is 14.6. The molecule has 0 amide bonds. The second-order valence-electron chi connectivity index (χ2n) is 8.70. The molecule has 3 aromatic rings. The molecule has 4 rings (SSSR count). The van der Waals surface area contributed by atoms with Crippen LogP contribution in [0.4, 0.5) is 20.2 Å². The number of halogens is 2. The van der Waals surface area contributed by atoms with Gasteiger partial charge in [-0.3, -0.25) is 4.79 Å². The van der Waals surface area contributed by atoms with Crippen molar-refractivity contribution in [3.05, 3.63) is 94.6 Å². The molecule has 1 aliphatic rings. The second-order valence-corrected chi connectivity index (χ2v) is 8.70. The molecule has 4 N–H and O–H groups in total. The van der Waals surface area contributed by atoms with E-state index in [4.69, 9.17) is 5.11 Å². The van der Waals surface area contributed by atoms with Crippen LogP contribution in [0.25, 0.3) is 0 Å². The molecule has 0 saturated carbocycles. The quantitative estimate of drug-likeness (QED) is 0.373. The molecule has 0 unspecified atom stereocenters. The Balaban J connectivity index is 1.57. The Labute approximate surface area is 202 Å². The molecule has 6 nitrogen and oxygen atoms in total. The normalized spacial score (nSPS) is 16.2. The molecule has 0 saturated heterocycles. The summed E-state index contributed by atoms with van der Waals surface area (Å²) in [4.78, 5) is 11.1. The molecule has 0 aliphatic carbocycles. The third-order valence-corrected chi connectivity index (χ3v) is 6.27. The minimum Gasteiger partial charge on any atom is -0.481 e. The van der Waals surface area contributed by atoms with Crippen LogP contribution in [0.1, 0.15) is 41.1 Å². The van der Waals surface area contributed by atoms with E-state index in [2.05, 4.69) is 22.0 Å². The van der Waals surface area contributed by atoms with E-state index in [0.29, 0.717) is 18.7 Å². The van der Waals surface area contributed by atoms with Crippen molar-refractivity contribution in [3.63, 3.8) is 0 Å². The molecule has 0 spiro atoms. The van der Waals surface area contributed by atoms with E-state index in [1.165, 1.54) is 6.07 Å². The van der Waals surface area contributed by atoms with E-state index < -0.39 is 24.0 Å². The molecule has 180 valence electrons. The minimum absolute atomic E-state index is 0.0425. The van der Waals surface area contributed by atoms with Gasteiger partial charge in [0.05, 0.1) is 35.4 Å². The van der Waals surface area contributed by atoms with E-state index in [1.54, 1.807) is 6.07 Å². The number of fused-ring (bicyclic) bond motifs is 1. The summed E-state index contributed by atoms with van der Waals surface area (Å²) in [5.41, 5.74) is 3.37. The number of carboxylic acids is 1. The van der Waals surface area contributed by atoms with E-state index in [1.807, 2.05) is 49.4 Å². The smallest absolute Gasteiger partial charge is 0.307 e. The molecule has 3 atom stereocenters. The predicted molar refractivity (Wildman–Crippen MR) is 130 cm³/mol. The Bertz CT molecular complexity index is 1260. The molecule has 1 aliphatic heterocycles. The SMILES string of the molecule is C[C@@H](CN[C@H](c1ccccc1)[C@H]1CNc2cccc(C#N)c2N1)c1cc(CC(=O)O)c(F)cc1F. The topological polar surface area (TPSA) is 97.2 Å². The number of nitrogens with zero attached hydrogens (tertiary/aromatic N) is 1. The Kier molecular flexibility index (Phi) is 7.28. The number of carbonyl (C=O) groups is 1. The third kappa shape index (κ3) is 5.42. The van der Waals surface area contributed by atoms with Crippen LogP contribution in [0, 0.1) is 23.0 Å². The number of nitrogens with one attached hydrogen (secondary N) is 3. The molecule has 1 heterocycles. The average Bonchev–Trinajstić information content (AvgIpc) is 2.85. The summed E-state index contributed by atoms with van der Waals surface area (Å²) in [5.74, 6) is -3.09. The fourth-order valence-corrected chi connectivity index (χ4v) is 4.46. The number of carboxylic acid groups (broad SMARTS) is 1. The molecule has 35 heavy (non-hydrogen) atoms. The zero-order chi connectivity index (χ0) is 24.9. The van der Waals surface area contributed by atoms with Crippen LogP contribution in [0.15, 0.2) is 60.7 Å². The average molecular weight is 477 g/mol. The number of anilines is 2. The maximum atomic E-state index is 14.6. The van der Waals surface area contributed by atoms with Crippen LogP contribution in [0.3, 0.4) is 0 Å². The summed E-state index contributed by atoms with van der Waals surface area (Å²) >= 11 is 0. The molecule has 8 heteroatoms. The van der Waals surface area contributed by atoms with Crippen molar-refractivity contribution in [1.82, 2.24) is 5.32 Å². The van der Waals surface area contributed by atoms with Crippen molar-refractivity contribution in [2.75, 3.05) is 23.7 Å². The van der Waals surface area contributed by atoms with E-state index in [9.17, 15) is 18.8 Å². The van der Waals surface area contributed by atoms with Gasteiger partial charge in [-0.25, -0.2) is 8.78 Å². The highest BCUT2D eigenvalue weighted by molar-refractivity contribution is 5.77. The van der Waals surface area contributed by atoms with E-state index >= 15 is 0 Å². The number of nitriles is 1. The lowest BCUT2D eigenvalue weighted by Gasteiger charge is -2.36. The zero-order valence-corrected chi connectivity index (χ0v) is 19.2. The van der Waals surface area contributed by atoms with Crippen molar-refractivity contribution in [3.8, 4) is 6.07 Å². The first-order chi connectivity index (χ1) is 16.9. The Morgan fingerprint density at radius 2 is 1.94 bits per heavy atom. The molecular formula is C27H26F2N4O2. The van der Waals surface area contributed by atoms with Gasteiger partial charge in [-0.1, -0.05) is 43.3 Å². The first-order valence-corrected chi connectivity index (χ1v) is 11.4. The van der Waals surface area contributed by atoms with Gasteiger partial charge in [0, 0.05) is 19.2 Å². The molecule has 0 bridgehead atoms. The molecule has 3 aromatic carbocycles. The zero-order valence-electron chi connectivity index (χ0n) is 19.2. The fraction of sp³-hybridized carbons (Fsp3) is 0.259. The van der Waals surface area contributed by atoms with Crippen molar-refractivity contribution < 1.29 is 18.7 Å². The van der Waals surface area contributed by atoms with Gasteiger partial charge >= 0.3 is 5.97 Å². The summed E-state index contributed by atoms with van der Waals surface area (Å²) in [5, 5.41) is 29.0. The third-order valence-electron chi connectivity index (χ3n) is 6.27. The van der Waals surface area contributed by atoms with Crippen LogP contribution < -0.4 is 16.0 Å². The van der Waals surface area contributed by atoms with Gasteiger partial charge < -0.3 is 21.1 Å². The lowest BCUT2D eigenvalue weighted by atomic mass is 9.93. The van der Waals surface area contributed by atoms with Gasteiger partial charge in [0.15, 0.2) is 0 Å². The van der Waals surface area contributed by atoms with Crippen molar-refractivity contribution in [1.29, 1.82) is 5.26 Å². The lowest BCUT2D eigenvalue weighted by molar-refractivity contribution is -0.136. The number of rotatable bonds is 8. The first-order valence-electron chi connectivity index (χ1n) is 11.4. The largest absolute Gasteiger partial charge is 0.481 e. The standard InChI is InChI=1S/C27H26F2N4O2/c1-16(20-10-19(11-25(34)35)21(28)12-22(20)29)14-32-26(17-6-3-2-4-7-17)24-15-31-23-9-5-8-18(13-30)27(23)33-24/h2-10,12,16,24,26,31-33H,11,14-15H2,1H3,(H,34,35)/t16-,24+,26+/m0/s1. The monoisotopic (exact) mass is 476 g/mol. The summed E-state index contributed by atoms with van der Waals surface area (Å²) in [6.45, 7) is 2.77. The van der Waals surface area contributed by atoms with Crippen LogP contribution in [0.5, 0.6) is 0 Å². The fourth-order valence-electron chi connectivity index (χ4n) is 4.46. The van der Waals surface area contributed by atoms with Gasteiger partial charge in [0.1, 0.15) is 17.7 Å². The van der Waals surface area contributed by atoms with Gasteiger partial charge in [0.2, 0.25) is 0 Å². The Hall–Kier alpha value is -3.96. The molecular weight excluding hydrogens is 450 g/mol.